The van der Waals surface area contributed by atoms with Crippen molar-refractivity contribution in [3.8, 4) is 0 Å². The predicted molar refractivity (Wildman–Crippen MR) is 50.9 cm³/mol. The quantitative estimate of drug-likeness (QED) is 0.434. The Morgan fingerprint density at radius 1 is 1.42 bits per heavy atom. The molecule has 0 aromatic heterocycles. The molecule has 0 saturated heterocycles. The van der Waals surface area contributed by atoms with E-state index in [4.69, 9.17) is 5.84 Å². The maximum Gasteiger partial charge on any atom is 0.0443 e. The minimum Gasteiger partial charge on any atom is -0.323 e. The van der Waals surface area contributed by atoms with Gasteiger partial charge in [0.2, 0.25) is 0 Å². The summed E-state index contributed by atoms with van der Waals surface area (Å²) in [5, 5.41) is 3.95. The largest absolute Gasteiger partial charge is 0.323 e. The third-order valence-corrected chi connectivity index (χ3v) is 4.67. The maximum absolute atomic E-state index is 5.41. The molecule has 2 nitrogen and oxygen atoms in total. The molecule has 0 radical (unpaired) electrons. The van der Waals surface area contributed by atoms with Gasteiger partial charge in [0.15, 0.2) is 0 Å². The molecule has 2 heteroatoms. The van der Waals surface area contributed by atoms with Gasteiger partial charge in [0.25, 0.3) is 0 Å². The van der Waals surface area contributed by atoms with Gasteiger partial charge in [0.05, 0.1) is 0 Å². The predicted octanol–water partition coefficient (Wildman–Crippen LogP) is 2.15. The standard InChI is InChI=1S/C10H18N2/c1-9(2)7-4-5-10(9,3)8(6-7)12-11/h7H,4-6,11H2,1-3H3/b12-8-/t7-,10+/m1/s1. The molecule has 2 bridgehead atoms. The summed E-state index contributed by atoms with van der Waals surface area (Å²) in [7, 11) is 0. The van der Waals surface area contributed by atoms with E-state index in [1.54, 1.807) is 0 Å². The molecule has 0 aliphatic heterocycles. The Morgan fingerprint density at radius 2 is 2.08 bits per heavy atom. The van der Waals surface area contributed by atoms with Crippen LogP contribution in [0.5, 0.6) is 0 Å². The SMILES string of the molecule is CC1(C)[C@@H]2CC[C@@]1(C)/C(=N\N)C2. The molecule has 2 aliphatic rings. The second kappa shape index (κ2) is 2.04. The summed E-state index contributed by atoms with van der Waals surface area (Å²) < 4.78 is 0. The van der Waals surface area contributed by atoms with Gasteiger partial charge >= 0.3 is 0 Å². The molecule has 0 amide bonds. The molecule has 0 aromatic rings. The van der Waals surface area contributed by atoms with E-state index in [-0.39, 0.29) is 0 Å². The minimum atomic E-state index is 0.298. The third kappa shape index (κ3) is 0.644. The molecule has 68 valence electrons. The number of nitrogens with two attached hydrogens (primary N) is 1. The number of nitrogens with zero attached hydrogens (tertiary/aromatic N) is 1. The Bertz CT molecular complexity index is 242. The Labute approximate surface area is 74.2 Å². The van der Waals surface area contributed by atoms with Crippen molar-refractivity contribution in [2.75, 3.05) is 0 Å². The van der Waals surface area contributed by atoms with E-state index in [0.29, 0.717) is 10.8 Å². The van der Waals surface area contributed by atoms with Crippen molar-refractivity contribution in [2.24, 2.45) is 27.7 Å². The highest BCUT2D eigenvalue weighted by molar-refractivity contribution is 5.94. The van der Waals surface area contributed by atoms with Crippen LogP contribution in [0, 0.1) is 16.7 Å². The van der Waals surface area contributed by atoms with Gasteiger partial charge in [0.1, 0.15) is 0 Å². The van der Waals surface area contributed by atoms with Crippen LogP contribution in [-0.4, -0.2) is 5.71 Å². The van der Waals surface area contributed by atoms with Crippen LogP contribution in [0.25, 0.3) is 0 Å². The zero-order chi connectivity index (χ0) is 8.98. The van der Waals surface area contributed by atoms with Crippen molar-refractivity contribution in [1.82, 2.24) is 0 Å². The molecule has 0 aromatic carbocycles. The van der Waals surface area contributed by atoms with Crippen LogP contribution in [0.1, 0.15) is 40.0 Å². The van der Waals surface area contributed by atoms with E-state index in [1.807, 2.05) is 0 Å². The van der Waals surface area contributed by atoms with Crippen LogP contribution in [0.3, 0.4) is 0 Å². The average Bonchev–Trinajstić information content (AvgIpc) is 2.34. The van der Waals surface area contributed by atoms with Gasteiger partial charge in [-0.15, -0.1) is 0 Å². The smallest absolute Gasteiger partial charge is 0.0443 e. The number of hydrogen-bond donors (Lipinski definition) is 1. The Morgan fingerprint density at radius 3 is 2.33 bits per heavy atom. The molecule has 12 heavy (non-hydrogen) atoms. The Hall–Kier alpha value is -0.530. The number of fused-ring (bicyclic) bond motifs is 2. The molecular formula is C10H18N2. The van der Waals surface area contributed by atoms with E-state index in [0.717, 1.165) is 12.3 Å². The summed E-state index contributed by atoms with van der Waals surface area (Å²) in [4.78, 5) is 0. The fourth-order valence-corrected chi connectivity index (χ4v) is 3.12. The highest BCUT2D eigenvalue weighted by Gasteiger charge is 2.59. The summed E-state index contributed by atoms with van der Waals surface area (Å²) in [5.41, 5.74) is 1.97. The lowest BCUT2D eigenvalue weighted by molar-refractivity contribution is 0.194. The first-order chi connectivity index (χ1) is 5.52. The van der Waals surface area contributed by atoms with Crippen LogP contribution in [-0.2, 0) is 0 Å². The third-order valence-electron chi connectivity index (χ3n) is 4.67. The summed E-state index contributed by atoms with van der Waals surface area (Å²) in [6, 6.07) is 0. The lowest BCUT2D eigenvalue weighted by Crippen LogP contribution is -2.33. The summed E-state index contributed by atoms with van der Waals surface area (Å²) >= 11 is 0. The number of hydrazone groups is 1. The van der Waals surface area contributed by atoms with Crippen LogP contribution in [0.15, 0.2) is 5.10 Å². The Kier molecular flexibility index (Phi) is 1.37. The zero-order valence-corrected chi connectivity index (χ0v) is 8.22. The van der Waals surface area contributed by atoms with Crippen LogP contribution < -0.4 is 5.84 Å². The zero-order valence-electron chi connectivity index (χ0n) is 8.22. The summed E-state index contributed by atoms with van der Waals surface area (Å²) in [5.74, 6) is 6.24. The molecular weight excluding hydrogens is 148 g/mol. The van der Waals surface area contributed by atoms with E-state index in [9.17, 15) is 0 Å². The molecule has 2 rings (SSSR count). The monoisotopic (exact) mass is 166 g/mol. The second-order valence-electron chi connectivity index (χ2n) is 5.07. The molecule has 2 N–H and O–H groups in total. The van der Waals surface area contributed by atoms with Crippen molar-refractivity contribution >= 4 is 5.71 Å². The molecule has 2 saturated carbocycles. The fourth-order valence-electron chi connectivity index (χ4n) is 3.12. The summed E-state index contributed by atoms with van der Waals surface area (Å²) in [6.45, 7) is 7.05. The second-order valence-corrected chi connectivity index (χ2v) is 5.07. The first-order valence-electron chi connectivity index (χ1n) is 4.79. The van der Waals surface area contributed by atoms with Gasteiger partial charge in [-0.3, -0.25) is 0 Å². The van der Waals surface area contributed by atoms with Crippen LogP contribution >= 0.6 is 0 Å². The van der Waals surface area contributed by atoms with Crippen molar-refractivity contribution in [1.29, 1.82) is 0 Å². The maximum atomic E-state index is 5.41. The normalized spacial score (nSPS) is 47.2. The van der Waals surface area contributed by atoms with Gasteiger partial charge in [-0.05, 0) is 30.6 Å². The fraction of sp³-hybridized carbons (Fsp3) is 0.900. The molecule has 2 aliphatic carbocycles. The molecule has 2 atom stereocenters. The van der Waals surface area contributed by atoms with Crippen molar-refractivity contribution in [3.05, 3.63) is 0 Å². The van der Waals surface area contributed by atoms with E-state index < -0.39 is 0 Å². The number of rotatable bonds is 0. The van der Waals surface area contributed by atoms with Crippen molar-refractivity contribution in [2.45, 2.75) is 40.0 Å². The van der Waals surface area contributed by atoms with Crippen molar-refractivity contribution in [3.63, 3.8) is 0 Å². The highest BCUT2D eigenvalue weighted by Crippen LogP contribution is 2.63. The van der Waals surface area contributed by atoms with E-state index in [1.165, 1.54) is 18.6 Å². The molecule has 0 unspecified atom stereocenters. The lowest BCUT2D eigenvalue weighted by atomic mass is 9.70. The highest BCUT2D eigenvalue weighted by atomic mass is 15.1. The molecule has 0 spiro atoms. The van der Waals surface area contributed by atoms with Gasteiger partial charge in [-0.25, -0.2) is 0 Å². The lowest BCUT2D eigenvalue weighted by Gasteiger charge is -2.34. The van der Waals surface area contributed by atoms with E-state index in [2.05, 4.69) is 25.9 Å². The first-order valence-corrected chi connectivity index (χ1v) is 4.79. The van der Waals surface area contributed by atoms with Gasteiger partial charge in [0, 0.05) is 11.1 Å². The molecule has 0 heterocycles. The Balaban J connectivity index is 2.46. The topological polar surface area (TPSA) is 38.4 Å². The van der Waals surface area contributed by atoms with Crippen LogP contribution in [0.4, 0.5) is 0 Å². The average molecular weight is 166 g/mol. The van der Waals surface area contributed by atoms with Gasteiger partial charge in [-0.1, -0.05) is 20.8 Å². The van der Waals surface area contributed by atoms with Gasteiger partial charge < -0.3 is 5.84 Å². The summed E-state index contributed by atoms with van der Waals surface area (Å²) in [6.07, 6.45) is 3.78. The van der Waals surface area contributed by atoms with Gasteiger partial charge in [-0.2, -0.15) is 5.10 Å². The first kappa shape index (κ1) is 8.09. The van der Waals surface area contributed by atoms with Crippen molar-refractivity contribution < 1.29 is 0 Å². The van der Waals surface area contributed by atoms with E-state index >= 15 is 0 Å². The van der Waals surface area contributed by atoms with Crippen LogP contribution in [0.2, 0.25) is 0 Å². The minimum absolute atomic E-state index is 0.298. The molecule has 2 fully saturated rings. The number of hydrogen-bond acceptors (Lipinski definition) is 2.